The molecule has 0 aromatic heterocycles. The number of benzene rings is 1. The summed E-state index contributed by atoms with van der Waals surface area (Å²) >= 11 is 0. The van der Waals surface area contributed by atoms with Gasteiger partial charge in [-0.2, -0.15) is 4.99 Å². The molecule has 0 unspecified atom stereocenters. The molecular formula is C14H18N2O2. The van der Waals surface area contributed by atoms with Crippen LogP contribution in [-0.4, -0.2) is 32.4 Å². The normalized spacial score (nSPS) is 16.2. The number of nitrogens with zero attached hydrogens (tertiary/aromatic N) is 2. The third-order valence-corrected chi connectivity index (χ3v) is 3.25. The molecule has 96 valence electrons. The Labute approximate surface area is 107 Å². The first-order valence-corrected chi connectivity index (χ1v) is 6.16. The molecule has 2 rings (SSSR count). The molecule has 4 nitrogen and oxygen atoms in total. The van der Waals surface area contributed by atoms with Gasteiger partial charge in [-0.15, -0.1) is 0 Å². The summed E-state index contributed by atoms with van der Waals surface area (Å²) in [6.45, 7) is 7.16. The molecule has 1 heterocycles. The van der Waals surface area contributed by atoms with Crippen molar-refractivity contribution >= 4 is 11.8 Å². The lowest BCUT2D eigenvalue weighted by Gasteiger charge is -2.30. The van der Waals surface area contributed by atoms with Gasteiger partial charge in [-0.1, -0.05) is 12.1 Å². The largest absolute Gasteiger partial charge is 0.378 e. The number of morpholine rings is 1. The summed E-state index contributed by atoms with van der Waals surface area (Å²) in [6.07, 6.45) is 1.65. The van der Waals surface area contributed by atoms with E-state index in [9.17, 15) is 4.79 Å². The van der Waals surface area contributed by atoms with E-state index in [1.165, 1.54) is 0 Å². The number of hydrogen-bond acceptors (Lipinski definition) is 4. The molecule has 18 heavy (non-hydrogen) atoms. The van der Waals surface area contributed by atoms with E-state index in [1.807, 2.05) is 26.0 Å². The highest BCUT2D eigenvalue weighted by molar-refractivity contribution is 5.51. The molecule has 1 aromatic carbocycles. The molecule has 0 aliphatic carbocycles. The van der Waals surface area contributed by atoms with Crippen molar-refractivity contribution in [1.82, 2.24) is 0 Å². The summed E-state index contributed by atoms with van der Waals surface area (Å²) < 4.78 is 5.35. The van der Waals surface area contributed by atoms with Gasteiger partial charge in [0.25, 0.3) is 0 Å². The summed E-state index contributed by atoms with van der Waals surface area (Å²) in [6, 6.07) is 8.16. The fourth-order valence-corrected chi connectivity index (χ4v) is 2.08. The van der Waals surface area contributed by atoms with Crippen molar-refractivity contribution in [3.05, 3.63) is 29.8 Å². The van der Waals surface area contributed by atoms with Crippen LogP contribution >= 0.6 is 0 Å². The molecule has 0 saturated carbocycles. The quantitative estimate of drug-likeness (QED) is 0.606. The van der Waals surface area contributed by atoms with Crippen LogP contribution in [0.5, 0.6) is 0 Å². The van der Waals surface area contributed by atoms with Crippen molar-refractivity contribution in [1.29, 1.82) is 0 Å². The highest BCUT2D eigenvalue weighted by Crippen LogP contribution is 2.28. The lowest BCUT2D eigenvalue weighted by atomic mass is 9.94. The van der Waals surface area contributed by atoms with E-state index in [1.54, 1.807) is 6.08 Å². The van der Waals surface area contributed by atoms with Gasteiger partial charge < -0.3 is 9.64 Å². The van der Waals surface area contributed by atoms with Crippen LogP contribution in [0.15, 0.2) is 29.3 Å². The lowest BCUT2D eigenvalue weighted by molar-refractivity contribution is 0.122. The maximum absolute atomic E-state index is 10.5. The van der Waals surface area contributed by atoms with Gasteiger partial charge >= 0.3 is 0 Å². The van der Waals surface area contributed by atoms with E-state index < -0.39 is 5.54 Å². The van der Waals surface area contributed by atoms with E-state index in [4.69, 9.17) is 4.74 Å². The minimum absolute atomic E-state index is 0.524. The van der Waals surface area contributed by atoms with Crippen molar-refractivity contribution in [2.24, 2.45) is 4.99 Å². The van der Waals surface area contributed by atoms with Gasteiger partial charge in [0.05, 0.1) is 18.8 Å². The van der Waals surface area contributed by atoms with Gasteiger partial charge in [-0.05, 0) is 31.5 Å². The van der Waals surface area contributed by atoms with Crippen LogP contribution < -0.4 is 4.90 Å². The van der Waals surface area contributed by atoms with Crippen LogP contribution in [-0.2, 0) is 15.1 Å². The predicted molar refractivity (Wildman–Crippen MR) is 70.6 cm³/mol. The molecule has 0 spiro atoms. The molecule has 0 atom stereocenters. The molecular weight excluding hydrogens is 228 g/mol. The zero-order valence-corrected chi connectivity index (χ0v) is 10.8. The fraction of sp³-hybridized carbons (Fsp3) is 0.500. The van der Waals surface area contributed by atoms with Crippen molar-refractivity contribution in [2.45, 2.75) is 19.4 Å². The summed E-state index contributed by atoms with van der Waals surface area (Å²) in [5.41, 5.74) is 1.66. The molecule has 0 N–H and O–H groups in total. The van der Waals surface area contributed by atoms with Gasteiger partial charge in [0, 0.05) is 18.8 Å². The van der Waals surface area contributed by atoms with E-state index in [2.05, 4.69) is 22.0 Å². The number of isocyanates is 1. The molecule has 1 aliphatic heterocycles. The Hall–Kier alpha value is -1.64. The Bertz CT molecular complexity index is 459. The first-order chi connectivity index (χ1) is 8.63. The van der Waals surface area contributed by atoms with Gasteiger partial charge in [0.15, 0.2) is 0 Å². The molecule has 0 amide bonds. The minimum Gasteiger partial charge on any atom is -0.378 e. The molecule has 1 aromatic rings. The van der Waals surface area contributed by atoms with Gasteiger partial charge in [0.1, 0.15) is 0 Å². The predicted octanol–water partition coefficient (Wildman–Crippen LogP) is 2.09. The number of carbonyl (C=O) groups excluding carboxylic acids is 1. The van der Waals surface area contributed by atoms with E-state index >= 15 is 0 Å². The third-order valence-electron chi connectivity index (χ3n) is 3.25. The maximum Gasteiger partial charge on any atom is 0.235 e. The second-order valence-corrected chi connectivity index (χ2v) is 4.91. The van der Waals surface area contributed by atoms with Crippen LogP contribution in [0.3, 0.4) is 0 Å². The van der Waals surface area contributed by atoms with Crippen molar-refractivity contribution in [3.63, 3.8) is 0 Å². The molecule has 0 bridgehead atoms. The zero-order chi connectivity index (χ0) is 13.0. The Balaban J connectivity index is 2.26. The van der Waals surface area contributed by atoms with Crippen LogP contribution in [0.4, 0.5) is 5.69 Å². The standard InChI is InChI=1S/C14H18N2O2/c1-14(2,15-11-17)12-4-3-5-13(10-12)16-6-8-18-9-7-16/h3-5,10H,6-9H2,1-2H3. The first-order valence-electron chi connectivity index (χ1n) is 6.16. The second-order valence-electron chi connectivity index (χ2n) is 4.91. The van der Waals surface area contributed by atoms with Crippen LogP contribution in [0.1, 0.15) is 19.4 Å². The Kier molecular flexibility index (Phi) is 3.80. The smallest absolute Gasteiger partial charge is 0.235 e. The zero-order valence-electron chi connectivity index (χ0n) is 10.8. The second kappa shape index (κ2) is 5.34. The Morgan fingerprint density at radius 2 is 2.06 bits per heavy atom. The molecule has 1 saturated heterocycles. The summed E-state index contributed by atoms with van der Waals surface area (Å²) in [7, 11) is 0. The maximum atomic E-state index is 10.5. The van der Waals surface area contributed by atoms with Crippen LogP contribution in [0.25, 0.3) is 0 Å². The SMILES string of the molecule is CC(C)(N=C=O)c1cccc(N2CCOCC2)c1. The first kappa shape index (κ1) is 12.8. The van der Waals surface area contributed by atoms with Crippen molar-refractivity contribution < 1.29 is 9.53 Å². The van der Waals surface area contributed by atoms with Gasteiger partial charge in [-0.3, -0.25) is 0 Å². The number of hydrogen-bond donors (Lipinski definition) is 0. The highest BCUT2D eigenvalue weighted by atomic mass is 16.5. The van der Waals surface area contributed by atoms with Crippen LogP contribution in [0, 0.1) is 0 Å². The third kappa shape index (κ3) is 2.78. The average molecular weight is 246 g/mol. The fourth-order valence-electron chi connectivity index (χ4n) is 2.08. The number of aliphatic imine (C=N–C) groups is 1. The Morgan fingerprint density at radius 1 is 1.33 bits per heavy atom. The summed E-state index contributed by atoms with van der Waals surface area (Å²) in [4.78, 5) is 16.6. The topological polar surface area (TPSA) is 41.9 Å². The molecule has 1 aliphatic rings. The van der Waals surface area contributed by atoms with Crippen molar-refractivity contribution in [2.75, 3.05) is 31.2 Å². The molecule has 4 heteroatoms. The van der Waals surface area contributed by atoms with Gasteiger partial charge in [-0.25, -0.2) is 4.79 Å². The number of ether oxygens (including phenoxy) is 1. The highest BCUT2D eigenvalue weighted by Gasteiger charge is 2.20. The lowest BCUT2D eigenvalue weighted by Crippen LogP contribution is -2.36. The van der Waals surface area contributed by atoms with Crippen molar-refractivity contribution in [3.8, 4) is 0 Å². The molecule has 1 fully saturated rings. The van der Waals surface area contributed by atoms with E-state index in [0.29, 0.717) is 0 Å². The van der Waals surface area contributed by atoms with Gasteiger partial charge in [0.2, 0.25) is 6.08 Å². The number of rotatable bonds is 3. The minimum atomic E-state index is -0.524. The van der Waals surface area contributed by atoms with E-state index in [0.717, 1.165) is 37.6 Å². The molecule has 0 radical (unpaired) electrons. The monoisotopic (exact) mass is 246 g/mol. The number of anilines is 1. The van der Waals surface area contributed by atoms with E-state index in [-0.39, 0.29) is 0 Å². The summed E-state index contributed by atoms with van der Waals surface area (Å²) in [5.74, 6) is 0. The Morgan fingerprint density at radius 3 is 2.72 bits per heavy atom. The average Bonchev–Trinajstić information content (AvgIpc) is 2.40. The summed E-state index contributed by atoms with van der Waals surface area (Å²) in [5, 5.41) is 0. The van der Waals surface area contributed by atoms with Crippen LogP contribution in [0.2, 0.25) is 0 Å².